The summed E-state index contributed by atoms with van der Waals surface area (Å²) in [5.74, 6) is 0.269. The number of aromatic nitrogens is 1. The van der Waals surface area contributed by atoms with Crippen LogP contribution in [-0.4, -0.2) is 48.3 Å². The first-order chi connectivity index (χ1) is 12.0. The molecule has 1 amide bonds. The van der Waals surface area contributed by atoms with Crippen LogP contribution in [0.2, 0.25) is 0 Å². The Labute approximate surface area is 156 Å². The van der Waals surface area contributed by atoms with Crippen LogP contribution in [0.25, 0.3) is 9.88 Å². The summed E-state index contributed by atoms with van der Waals surface area (Å²) in [6.07, 6.45) is 2.65. The minimum atomic E-state index is -3.00. The van der Waals surface area contributed by atoms with E-state index in [0.29, 0.717) is 13.0 Å². The van der Waals surface area contributed by atoms with Gasteiger partial charge in [-0.1, -0.05) is 19.4 Å². The number of carbonyl (C=O) groups excluding carboxylic acids is 1. The minimum absolute atomic E-state index is 0.0152. The molecule has 0 spiro atoms. The standard InChI is InChI=1S/C17H22N2O3S3/c1-2-3-7-19(14-6-9-25(21,22)12-14)16(20)10-13-11-24-17(18-13)15-5-4-8-23-15/h4-5,8,11,14H,2-3,6-7,9-10,12H2,1H3. The molecule has 1 aliphatic rings. The van der Waals surface area contributed by atoms with Crippen molar-refractivity contribution < 1.29 is 13.2 Å². The summed E-state index contributed by atoms with van der Waals surface area (Å²) in [5, 5.41) is 4.87. The molecule has 3 rings (SSSR count). The smallest absolute Gasteiger partial charge is 0.228 e. The molecule has 0 N–H and O–H groups in total. The van der Waals surface area contributed by atoms with Crippen LogP contribution < -0.4 is 0 Å². The Balaban J connectivity index is 1.70. The highest BCUT2D eigenvalue weighted by molar-refractivity contribution is 7.91. The highest BCUT2D eigenvalue weighted by Gasteiger charge is 2.34. The summed E-state index contributed by atoms with van der Waals surface area (Å²) in [6.45, 7) is 2.69. The Hall–Kier alpha value is -1.25. The molecular weight excluding hydrogens is 376 g/mol. The van der Waals surface area contributed by atoms with E-state index in [-0.39, 0.29) is 29.9 Å². The Morgan fingerprint density at radius 3 is 2.88 bits per heavy atom. The molecule has 5 nitrogen and oxygen atoms in total. The molecule has 1 saturated heterocycles. The zero-order valence-corrected chi connectivity index (χ0v) is 16.6. The van der Waals surface area contributed by atoms with Crippen molar-refractivity contribution in [2.45, 2.75) is 38.6 Å². The summed E-state index contributed by atoms with van der Waals surface area (Å²) >= 11 is 3.18. The Kier molecular flexibility index (Phi) is 5.91. The first-order valence-corrected chi connectivity index (χ1v) is 12.0. The highest BCUT2D eigenvalue weighted by Crippen LogP contribution is 2.28. The number of carbonyl (C=O) groups is 1. The van der Waals surface area contributed by atoms with Crippen molar-refractivity contribution in [3.05, 3.63) is 28.6 Å². The van der Waals surface area contributed by atoms with Crippen molar-refractivity contribution in [2.24, 2.45) is 0 Å². The topological polar surface area (TPSA) is 67.3 Å². The number of hydrogen-bond acceptors (Lipinski definition) is 6. The Bertz CT molecular complexity index is 812. The first-order valence-electron chi connectivity index (χ1n) is 8.46. The van der Waals surface area contributed by atoms with Crippen molar-refractivity contribution in [1.29, 1.82) is 0 Å². The van der Waals surface area contributed by atoms with Gasteiger partial charge in [0.15, 0.2) is 9.84 Å². The lowest BCUT2D eigenvalue weighted by Gasteiger charge is -2.28. The van der Waals surface area contributed by atoms with Crippen LogP contribution in [-0.2, 0) is 21.1 Å². The fourth-order valence-corrected chi connectivity index (χ4v) is 6.38. The molecule has 0 saturated carbocycles. The van der Waals surface area contributed by atoms with E-state index in [9.17, 15) is 13.2 Å². The second-order valence-corrected chi connectivity index (χ2v) is 10.3. The zero-order valence-electron chi connectivity index (χ0n) is 14.2. The molecule has 2 aromatic heterocycles. The maximum Gasteiger partial charge on any atom is 0.228 e. The third kappa shape index (κ3) is 4.68. The summed E-state index contributed by atoms with van der Waals surface area (Å²) in [4.78, 5) is 20.3. The number of unbranched alkanes of at least 4 members (excludes halogenated alkanes) is 1. The van der Waals surface area contributed by atoms with Crippen LogP contribution in [0.15, 0.2) is 22.9 Å². The molecule has 1 aliphatic heterocycles. The number of thiophene rings is 1. The summed E-state index contributed by atoms with van der Waals surface area (Å²) in [7, 11) is -3.00. The largest absolute Gasteiger partial charge is 0.338 e. The van der Waals surface area contributed by atoms with Gasteiger partial charge < -0.3 is 4.90 Å². The second kappa shape index (κ2) is 7.97. The van der Waals surface area contributed by atoms with Gasteiger partial charge in [-0.25, -0.2) is 13.4 Å². The van der Waals surface area contributed by atoms with Crippen LogP contribution in [0, 0.1) is 0 Å². The molecule has 2 aromatic rings. The molecule has 0 aromatic carbocycles. The van der Waals surface area contributed by atoms with E-state index in [0.717, 1.165) is 28.4 Å². The average molecular weight is 399 g/mol. The van der Waals surface area contributed by atoms with Crippen molar-refractivity contribution >= 4 is 38.4 Å². The predicted octanol–water partition coefficient (Wildman–Crippen LogP) is 3.23. The second-order valence-electron chi connectivity index (χ2n) is 6.30. The van der Waals surface area contributed by atoms with Gasteiger partial charge in [0.1, 0.15) is 5.01 Å². The summed E-state index contributed by atoms with van der Waals surface area (Å²) in [5.41, 5.74) is 0.765. The molecule has 1 atom stereocenters. The van der Waals surface area contributed by atoms with Gasteiger partial charge in [-0.05, 0) is 24.3 Å². The fourth-order valence-electron chi connectivity index (χ4n) is 3.02. The van der Waals surface area contributed by atoms with Crippen LogP contribution in [0.4, 0.5) is 0 Å². The molecule has 1 unspecified atom stereocenters. The lowest BCUT2D eigenvalue weighted by atomic mass is 10.1. The first kappa shape index (κ1) is 18.5. The van der Waals surface area contributed by atoms with Gasteiger partial charge >= 0.3 is 0 Å². The minimum Gasteiger partial charge on any atom is -0.338 e. The summed E-state index contributed by atoms with van der Waals surface area (Å²) in [6, 6.07) is 3.82. The maximum atomic E-state index is 12.8. The number of sulfone groups is 1. The fraction of sp³-hybridized carbons (Fsp3) is 0.529. The van der Waals surface area contributed by atoms with Crippen molar-refractivity contribution in [1.82, 2.24) is 9.88 Å². The predicted molar refractivity (Wildman–Crippen MR) is 103 cm³/mol. The number of hydrogen-bond donors (Lipinski definition) is 0. The molecule has 0 radical (unpaired) electrons. The number of amides is 1. The molecule has 3 heterocycles. The van der Waals surface area contributed by atoms with E-state index in [4.69, 9.17) is 0 Å². The lowest BCUT2D eigenvalue weighted by molar-refractivity contribution is -0.132. The van der Waals surface area contributed by atoms with E-state index < -0.39 is 9.84 Å². The number of thiazole rings is 1. The van der Waals surface area contributed by atoms with Crippen molar-refractivity contribution in [2.75, 3.05) is 18.1 Å². The molecule has 8 heteroatoms. The van der Waals surface area contributed by atoms with Gasteiger partial charge in [-0.3, -0.25) is 4.79 Å². The maximum absolute atomic E-state index is 12.8. The van der Waals surface area contributed by atoms with E-state index in [1.54, 1.807) is 27.6 Å². The van der Waals surface area contributed by atoms with Gasteiger partial charge in [0, 0.05) is 18.0 Å². The van der Waals surface area contributed by atoms with Gasteiger partial charge in [0.25, 0.3) is 0 Å². The normalized spacial score (nSPS) is 19.2. The SMILES string of the molecule is CCCCN(C(=O)Cc1csc(-c2cccs2)n1)C1CCS(=O)(=O)C1. The number of rotatable bonds is 7. The number of nitrogens with zero attached hydrogens (tertiary/aromatic N) is 2. The Morgan fingerprint density at radius 2 is 2.24 bits per heavy atom. The molecule has 0 bridgehead atoms. The zero-order chi connectivity index (χ0) is 17.9. The lowest BCUT2D eigenvalue weighted by Crippen LogP contribution is -2.42. The quantitative estimate of drug-likeness (QED) is 0.718. The Morgan fingerprint density at radius 1 is 1.40 bits per heavy atom. The van der Waals surface area contributed by atoms with E-state index in [1.165, 1.54) is 0 Å². The molecule has 136 valence electrons. The van der Waals surface area contributed by atoms with Crippen LogP contribution in [0.3, 0.4) is 0 Å². The summed E-state index contributed by atoms with van der Waals surface area (Å²) < 4.78 is 23.6. The average Bonchev–Trinajstić information content (AvgIpc) is 3.28. The molecule has 25 heavy (non-hydrogen) atoms. The monoisotopic (exact) mass is 398 g/mol. The van der Waals surface area contributed by atoms with Crippen molar-refractivity contribution in [3.63, 3.8) is 0 Å². The highest BCUT2D eigenvalue weighted by atomic mass is 32.2. The van der Waals surface area contributed by atoms with Crippen LogP contribution in [0.1, 0.15) is 31.9 Å². The van der Waals surface area contributed by atoms with Crippen molar-refractivity contribution in [3.8, 4) is 9.88 Å². The van der Waals surface area contributed by atoms with Gasteiger partial charge in [-0.2, -0.15) is 0 Å². The van der Waals surface area contributed by atoms with Gasteiger partial charge in [-0.15, -0.1) is 22.7 Å². The van der Waals surface area contributed by atoms with E-state index in [2.05, 4.69) is 11.9 Å². The third-order valence-corrected chi connectivity index (χ3v) is 8.02. The van der Waals surface area contributed by atoms with E-state index in [1.807, 2.05) is 22.9 Å². The van der Waals surface area contributed by atoms with Crippen LogP contribution >= 0.6 is 22.7 Å². The van der Waals surface area contributed by atoms with Crippen LogP contribution in [0.5, 0.6) is 0 Å². The van der Waals surface area contributed by atoms with E-state index >= 15 is 0 Å². The molecule has 1 fully saturated rings. The van der Waals surface area contributed by atoms with Gasteiger partial charge in [0.2, 0.25) is 5.91 Å². The third-order valence-electron chi connectivity index (χ3n) is 4.34. The molecular formula is C17H22N2O3S3. The van der Waals surface area contributed by atoms with Gasteiger partial charge in [0.05, 0.1) is 28.5 Å². The molecule has 0 aliphatic carbocycles.